The highest BCUT2D eigenvalue weighted by Gasteiger charge is 2.72. The van der Waals surface area contributed by atoms with E-state index in [0.29, 0.717) is 39.5 Å². The quantitative estimate of drug-likeness (QED) is 0.207. The second-order valence-corrected chi connectivity index (χ2v) is 11.0. The van der Waals surface area contributed by atoms with E-state index in [9.17, 15) is 14.4 Å². The van der Waals surface area contributed by atoms with Gasteiger partial charge in [-0.05, 0) is 54.1 Å². The summed E-state index contributed by atoms with van der Waals surface area (Å²) in [5.74, 6) is -0.129. The summed E-state index contributed by atoms with van der Waals surface area (Å²) in [4.78, 5) is 46.5. The molecule has 1 aliphatic carbocycles. The summed E-state index contributed by atoms with van der Waals surface area (Å²) in [6, 6.07) is 25.2. The second kappa shape index (κ2) is 9.98. The normalized spacial score (nSPS) is 20.9. The number of methoxy groups -OCH3 is 3. The van der Waals surface area contributed by atoms with Crippen LogP contribution in [0, 0.1) is 5.41 Å². The largest absolute Gasteiger partial charge is 0.497 e. The zero-order valence-electron chi connectivity index (χ0n) is 23.9. The molecule has 43 heavy (non-hydrogen) atoms. The minimum atomic E-state index is -1.64. The Morgan fingerprint density at radius 2 is 1.37 bits per heavy atom. The van der Waals surface area contributed by atoms with Crippen LogP contribution in [0.15, 0.2) is 97.1 Å². The van der Waals surface area contributed by atoms with Crippen molar-refractivity contribution >= 4 is 29.1 Å². The number of hydrogen-bond acceptors (Lipinski definition) is 7. The molecule has 0 radical (unpaired) electrons. The number of carbonyl (C=O) groups excluding carboxylic acids is 3. The number of nitrogens with zero attached hydrogens (tertiary/aromatic N) is 1. The fraction of sp³-hybridized carbons (Fsp3) is 0.194. The van der Waals surface area contributed by atoms with Crippen molar-refractivity contribution in [3.63, 3.8) is 0 Å². The number of rotatable bonds is 6. The lowest BCUT2D eigenvalue weighted by atomic mass is 9.64. The van der Waals surface area contributed by atoms with Gasteiger partial charge < -0.3 is 19.1 Å². The Kier molecular flexibility index (Phi) is 6.20. The Bertz CT molecular complexity index is 1790. The Hall–Kier alpha value is -5.17. The highest BCUT2D eigenvalue weighted by molar-refractivity contribution is 6.32. The number of fused-ring (bicyclic) bond motifs is 5. The van der Waals surface area contributed by atoms with Gasteiger partial charge in [0.2, 0.25) is 0 Å². The van der Waals surface area contributed by atoms with Gasteiger partial charge in [-0.25, -0.2) is 0 Å². The Morgan fingerprint density at radius 1 is 0.744 bits per heavy atom. The average Bonchev–Trinajstić information content (AvgIpc) is 3.50. The van der Waals surface area contributed by atoms with Crippen LogP contribution in [-0.4, -0.2) is 50.8 Å². The van der Waals surface area contributed by atoms with E-state index in [1.807, 2.05) is 41.3 Å². The first-order valence-electron chi connectivity index (χ1n) is 14.1. The molecule has 3 atom stereocenters. The summed E-state index contributed by atoms with van der Waals surface area (Å²) in [7, 11) is 4.67. The highest BCUT2D eigenvalue weighted by Crippen LogP contribution is 2.62. The molecule has 7 rings (SSSR count). The molecule has 4 aromatic rings. The van der Waals surface area contributed by atoms with Crippen LogP contribution >= 0.6 is 0 Å². The van der Waals surface area contributed by atoms with Crippen molar-refractivity contribution in [1.29, 1.82) is 0 Å². The van der Waals surface area contributed by atoms with Gasteiger partial charge in [0.05, 0.1) is 27.4 Å². The maximum absolute atomic E-state index is 14.9. The highest BCUT2D eigenvalue weighted by atomic mass is 16.5. The average molecular weight is 572 g/mol. The van der Waals surface area contributed by atoms with Crippen LogP contribution in [0.25, 0.3) is 6.08 Å². The summed E-state index contributed by atoms with van der Waals surface area (Å²) in [6.07, 6.45) is 3.85. The standard InChI is InChI=1S/C36H29NO6/c1-41-23-15-12-22(13-16-23)33(38)32-31(27-20-24(42-2)17-18-29(27)43-3)36(34(39)25-9-5-6-10-26(25)35(36)40)30-19-14-21-8-4-7-11-28(21)37(30)32/h4-20,30-32H,1-3H3/t30-,31-,32+/m0/s1. The summed E-state index contributed by atoms with van der Waals surface area (Å²) >= 11 is 0. The molecule has 1 spiro atoms. The van der Waals surface area contributed by atoms with Gasteiger partial charge in [0.1, 0.15) is 28.7 Å². The fourth-order valence-corrected chi connectivity index (χ4v) is 7.27. The fourth-order valence-electron chi connectivity index (χ4n) is 7.27. The van der Waals surface area contributed by atoms with Gasteiger partial charge >= 0.3 is 0 Å². The molecule has 0 saturated carbocycles. The first-order chi connectivity index (χ1) is 20.9. The van der Waals surface area contributed by atoms with E-state index in [0.717, 1.165) is 11.3 Å². The maximum atomic E-state index is 14.9. The topological polar surface area (TPSA) is 82.1 Å². The number of ether oxygens (including phenoxy) is 3. The monoisotopic (exact) mass is 571 g/mol. The summed E-state index contributed by atoms with van der Waals surface area (Å²) < 4.78 is 16.8. The molecule has 214 valence electrons. The van der Waals surface area contributed by atoms with E-state index >= 15 is 0 Å². The number of Topliss-reactive ketones (excluding diaryl/α,β-unsaturated/α-hetero) is 3. The third-order valence-electron chi connectivity index (χ3n) is 9.13. The molecule has 2 aliphatic heterocycles. The van der Waals surface area contributed by atoms with Crippen LogP contribution in [0.1, 0.15) is 48.1 Å². The van der Waals surface area contributed by atoms with E-state index in [1.165, 1.54) is 0 Å². The number of hydrogen-bond donors (Lipinski definition) is 0. The minimum Gasteiger partial charge on any atom is -0.497 e. The molecular formula is C36H29NO6. The lowest BCUT2D eigenvalue weighted by Gasteiger charge is -2.37. The van der Waals surface area contributed by atoms with Crippen molar-refractivity contribution in [3.05, 3.63) is 125 Å². The van der Waals surface area contributed by atoms with Gasteiger partial charge in [-0.3, -0.25) is 14.4 Å². The number of benzene rings is 4. The van der Waals surface area contributed by atoms with Gasteiger partial charge in [0, 0.05) is 33.9 Å². The van der Waals surface area contributed by atoms with Crippen LogP contribution in [0.3, 0.4) is 0 Å². The van der Waals surface area contributed by atoms with Crippen LogP contribution in [0.4, 0.5) is 5.69 Å². The maximum Gasteiger partial charge on any atom is 0.185 e. The van der Waals surface area contributed by atoms with E-state index in [1.54, 1.807) is 88.1 Å². The molecule has 3 aliphatic rings. The smallest absolute Gasteiger partial charge is 0.185 e. The van der Waals surface area contributed by atoms with Gasteiger partial charge in [0.15, 0.2) is 17.3 Å². The molecule has 7 nitrogen and oxygen atoms in total. The Labute approximate surface area is 249 Å². The zero-order valence-corrected chi connectivity index (χ0v) is 23.9. The Morgan fingerprint density at radius 3 is 2.02 bits per heavy atom. The zero-order chi connectivity index (χ0) is 29.9. The molecular weight excluding hydrogens is 542 g/mol. The molecule has 0 aromatic heterocycles. The van der Waals surface area contributed by atoms with E-state index < -0.39 is 23.4 Å². The first kappa shape index (κ1) is 26.7. The number of anilines is 1. The van der Waals surface area contributed by atoms with E-state index in [4.69, 9.17) is 14.2 Å². The summed E-state index contributed by atoms with van der Waals surface area (Å²) in [6.45, 7) is 0. The van der Waals surface area contributed by atoms with Crippen molar-refractivity contribution in [2.24, 2.45) is 5.41 Å². The Balaban J connectivity index is 1.56. The van der Waals surface area contributed by atoms with Crippen molar-refractivity contribution in [2.75, 3.05) is 26.2 Å². The second-order valence-electron chi connectivity index (χ2n) is 11.0. The van der Waals surface area contributed by atoms with Crippen LogP contribution in [0.5, 0.6) is 17.2 Å². The third kappa shape index (κ3) is 3.64. The van der Waals surface area contributed by atoms with Crippen molar-refractivity contribution < 1.29 is 28.6 Å². The predicted molar refractivity (Wildman–Crippen MR) is 163 cm³/mol. The molecule has 0 bridgehead atoms. The molecule has 0 unspecified atom stereocenters. The van der Waals surface area contributed by atoms with Crippen molar-refractivity contribution in [2.45, 2.75) is 18.0 Å². The molecule has 4 aromatic carbocycles. The molecule has 0 N–H and O–H groups in total. The lowest BCUT2D eigenvalue weighted by molar-refractivity contribution is 0.0664. The van der Waals surface area contributed by atoms with Gasteiger partial charge in [-0.1, -0.05) is 54.6 Å². The predicted octanol–water partition coefficient (Wildman–Crippen LogP) is 6.03. The van der Waals surface area contributed by atoms with Gasteiger partial charge in [-0.2, -0.15) is 0 Å². The molecule has 1 saturated heterocycles. The first-order valence-corrected chi connectivity index (χ1v) is 14.1. The van der Waals surface area contributed by atoms with Crippen LogP contribution < -0.4 is 19.1 Å². The molecule has 7 heteroatoms. The van der Waals surface area contributed by atoms with E-state index in [2.05, 4.69) is 0 Å². The lowest BCUT2D eigenvalue weighted by Crippen LogP contribution is -2.48. The number of carbonyl (C=O) groups is 3. The molecule has 0 amide bonds. The number of para-hydroxylation sites is 1. The number of ketones is 3. The van der Waals surface area contributed by atoms with Crippen molar-refractivity contribution in [1.82, 2.24) is 0 Å². The molecule has 2 heterocycles. The van der Waals surface area contributed by atoms with E-state index in [-0.39, 0.29) is 17.3 Å². The third-order valence-corrected chi connectivity index (χ3v) is 9.13. The van der Waals surface area contributed by atoms with Crippen LogP contribution in [0.2, 0.25) is 0 Å². The molecule has 1 fully saturated rings. The van der Waals surface area contributed by atoms with Gasteiger partial charge in [-0.15, -0.1) is 0 Å². The summed E-state index contributed by atoms with van der Waals surface area (Å²) in [5, 5.41) is 0. The van der Waals surface area contributed by atoms with Crippen molar-refractivity contribution in [3.8, 4) is 17.2 Å². The minimum absolute atomic E-state index is 0.221. The van der Waals surface area contributed by atoms with Gasteiger partial charge in [0.25, 0.3) is 0 Å². The summed E-state index contributed by atoms with van der Waals surface area (Å²) in [5.41, 5.74) is 1.77. The SMILES string of the molecule is COc1ccc(C(=O)[C@H]2[C@H](c3cc(OC)ccc3OC)C3(C(=O)c4ccccc4C3=O)[C@@H]3C=Cc4ccccc4N32)cc1. The van der Waals surface area contributed by atoms with Crippen LogP contribution in [-0.2, 0) is 0 Å².